The molecule has 6 nitrogen and oxygen atoms in total. The second-order valence-electron chi connectivity index (χ2n) is 7.70. The summed E-state index contributed by atoms with van der Waals surface area (Å²) in [6, 6.07) is 11.3. The lowest BCUT2D eigenvalue weighted by Gasteiger charge is -2.25. The molecule has 0 radical (unpaired) electrons. The standard InChI is InChI=1S/C21H22FN3O3S2/c1-13-7-14(2)9-17(8-13)25(10-20(26)23-16-5-3-15(22)4-6-16)21-24-18-11-30(27,28)12-19(18)29-21/h3-9,18-19H,10-12H2,1-2H3,(H,23,26)/t18-,19+/m0/s1. The quantitative estimate of drug-likeness (QED) is 0.779. The van der Waals surface area contributed by atoms with E-state index >= 15 is 0 Å². The van der Waals surface area contributed by atoms with E-state index in [1.807, 2.05) is 36.9 Å². The first-order valence-corrected chi connectivity index (χ1v) is 12.2. The number of carbonyl (C=O) groups excluding carboxylic acids is 1. The molecule has 1 N–H and O–H groups in total. The number of hydrogen-bond donors (Lipinski definition) is 1. The summed E-state index contributed by atoms with van der Waals surface area (Å²) in [6.07, 6.45) is 0. The van der Waals surface area contributed by atoms with E-state index < -0.39 is 9.84 Å². The molecular weight excluding hydrogens is 425 g/mol. The third-order valence-corrected chi connectivity index (χ3v) is 8.23. The fourth-order valence-corrected chi connectivity index (χ4v) is 7.50. The lowest BCUT2D eigenvalue weighted by molar-refractivity contribution is -0.114. The first kappa shape index (κ1) is 20.9. The molecule has 4 rings (SSSR count). The zero-order valence-corrected chi connectivity index (χ0v) is 18.3. The van der Waals surface area contributed by atoms with Gasteiger partial charge in [0, 0.05) is 16.6 Å². The number of amidine groups is 1. The molecule has 2 aliphatic rings. The van der Waals surface area contributed by atoms with Crippen molar-refractivity contribution in [3.63, 3.8) is 0 Å². The highest BCUT2D eigenvalue weighted by molar-refractivity contribution is 8.15. The predicted octanol–water partition coefficient (Wildman–Crippen LogP) is 3.16. The summed E-state index contributed by atoms with van der Waals surface area (Å²) in [5, 5.41) is 3.32. The van der Waals surface area contributed by atoms with Gasteiger partial charge in [0.05, 0.1) is 17.5 Å². The molecule has 0 unspecified atom stereocenters. The number of hydrogen-bond acceptors (Lipinski definition) is 6. The van der Waals surface area contributed by atoms with Gasteiger partial charge in [-0.25, -0.2) is 12.8 Å². The smallest absolute Gasteiger partial charge is 0.244 e. The van der Waals surface area contributed by atoms with Crippen LogP contribution in [0, 0.1) is 19.7 Å². The fraction of sp³-hybridized carbons (Fsp3) is 0.333. The number of fused-ring (bicyclic) bond motifs is 1. The number of halogens is 1. The lowest BCUT2D eigenvalue weighted by atomic mass is 10.1. The van der Waals surface area contributed by atoms with Gasteiger partial charge < -0.3 is 10.2 Å². The van der Waals surface area contributed by atoms with Crippen LogP contribution in [0.1, 0.15) is 11.1 Å². The van der Waals surface area contributed by atoms with Crippen LogP contribution in [0.4, 0.5) is 15.8 Å². The Hall–Kier alpha value is -2.39. The van der Waals surface area contributed by atoms with Gasteiger partial charge in [-0.3, -0.25) is 9.79 Å². The number of thioether (sulfide) groups is 1. The van der Waals surface area contributed by atoms with E-state index in [-0.39, 0.29) is 41.1 Å². The van der Waals surface area contributed by atoms with Gasteiger partial charge in [-0.2, -0.15) is 0 Å². The third kappa shape index (κ3) is 4.67. The van der Waals surface area contributed by atoms with Crippen LogP contribution in [-0.2, 0) is 14.6 Å². The first-order valence-electron chi connectivity index (χ1n) is 9.55. The molecule has 158 valence electrons. The number of rotatable bonds is 4. The van der Waals surface area contributed by atoms with E-state index in [1.165, 1.54) is 36.0 Å². The van der Waals surface area contributed by atoms with E-state index in [4.69, 9.17) is 0 Å². The lowest BCUT2D eigenvalue weighted by Crippen LogP contribution is -2.36. The molecule has 9 heteroatoms. The Bertz CT molecular complexity index is 1100. The molecular formula is C21H22FN3O3S2. The fourth-order valence-electron chi connectivity index (χ4n) is 3.72. The van der Waals surface area contributed by atoms with Crippen molar-refractivity contribution < 1.29 is 17.6 Å². The number of nitrogens with zero attached hydrogens (tertiary/aromatic N) is 2. The second-order valence-corrected chi connectivity index (χ2v) is 11.1. The van der Waals surface area contributed by atoms with Crippen molar-refractivity contribution in [1.29, 1.82) is 0 Å². The van der Waals surface area contributed by atoms with Gasteiger partial charge in [-0.05, 0) is 61.4 Å². The minimum Gasteiger partial charge on any atom is -0.325 e. The Kier molecular flexibility index (Phi) is 5.59. The summed E-state index contributed by atoms with van der Waals surface area (Å²) in [5.41, 5.74) is 3.45. The van der Waals surface area contributed by atoms with Crippen LogP contribution in [0.5, 0.6) is 0 Å². The van der Waals surface area contributed by atoms with Crippen LogP contribution in [0.2, 0.25) is 0 Å². The van der Waals surface area contributed by atoms with Crippen molar-refractivity contribution in [1.82, 2.24) is 0 Å². The van der Waals surface area contributed by atoms with Gasteiger partial charge in [0.1, 0.15) is 12.4 Å². The minimum atomic E-state index is -3.06. The summed E-state index contributed by atoms with van der Waals surface area (Å²) in [7, 11) is -3.06. The van der Waals surface area contributed by atoms with Crippen molar-refractivity contribution in [2.45, 2.75) is 25.1 Å². The summed E-state index contributed by atoms with van der Waals surface area (Å²) in [5.74, 6) is -0.481. The highest BCUT2D eigenvalue weighted by Gasteiger charge is 2.44. The third-order valence-electron chi connectivity index (χ3n) is 4.98. The van der Waals surface area contributed by atoms with Gasteiger partial charge in [0.25, 0.3) is 0 Å². The van der Waals surface area contributed by atoms with Gasteiger partial charge in [-0.15, -0.1) is 0 Å². The van der Waals surface area contributed by atoms with Gasteiger partial charge in [-0.1, -0.05) is 17.8 Å². The molecule has 0 spiro atoms. The molecule has 2 aromatic rings. The molecule has 2 atom stereocenters. The number of benzene rings is 2. The maximum atomic E-state index is 13.1. The van der Waals surface area contributed by atoms with Crippen molar-refractivity contribution in [2.24, 2.45) is 4.99 Å². The summed E-state index contributed by atoms with van der Waals surface area (Å²) in [4.78, 5) is 19.2. The Labute approximate surface area is 179 Å². The molecule has 0 aromatic heterocycles. The van der Waals surface area contributed by atoms with Crippen LogP contribution in [-0.4, -0.2) is 48.8 Å². The number of sulfone groups is 1. The average molecular weight is 448 g/mol. The van der Waals surface area contributed by atoms with Crippen LogP contribution < -0.4 is 10.2 Å². The molecule has 1 fully saturated rings. The Balaban J connectivity index is 1.59. The maximum absolute atomic E-state index is 13.1. The molecule has 1 saturated heterocycles. The average Bonchev–Trinajstić information content (AvgIpc) is 3.14. The maximum Gasteiger partial charge on any atom is 0.244 e. The van der Waals surface area contributed by atoms with Gasteiger partial charge >= 0.3 is 0 Å². The molecule has 30 heavy (non-hydrogen) atoms. The zero-order chi connectivity index (χ0) is 21.5. The molecule has 1 amide bonds. The van der Waals surface area contributed by atoms with Crippen molar-refractivity contribution in [2.75, 3.05) is 28.3 Å². The number of anilines is 2. The second kappa shape index (κ2) is 8.03. The summed E-state index contributed by atoms with van der Waals surface area (Å²) in [6.45, 7) is 3.98. The van der Waals surface area contributed by atoms with Crippen LogP contribution in [0.15, 0.2) is 47.5 Å². The molecule has 0 bridgehead atoms. The monoisotopic (exact) mass is 447 g/mol. The van der Waals surface area contributed by atoms with E-state index in [0.29, 0.717) is 10.9 Å². The molecule has 2 aromatic carbocycles. The normalized spacial score (nSPS) is 21.8. The summed E-state index contributed by atoms with van der Waals surface area (Å²) < 4.78 is 36.9. The van der Waals surface area contributed by atoms with E-state index in [9.17, 15) is 17.6 Å². The van der Waals surface area contributed by atoms with Crippen LogP contribution in [0.3, 0.4) is 0 Å². The summed E-state index contributed by atoms with van der Waals surface area (Å²) >= 11 is 1.42. The largest absolute Gasteiger partial charge is 0.325 e. The number of aryl methyl sites for hydroxylation is 2. The Morgan fingerprint density at radius 3 is 2.47 bits per heavy atom. The number of nitrogens with one attached hydrogen (secondary N) is 1. The van der Waals surface area contributed by atoms with Crippen molar-refractivity contribution in [3.05, 3.63) is 59.4 Å². The molecule has 0 aliphatic carbocycles. The van der Waals surface area contributed by atoms with E-state index in [0.717, 1.165) is 16.8 Å². The van der Waals surface area contributed by atoms with E-state index in [1.54, 1.807) is 0 Å². The number of amides is 1. The highest BCUT2D eigenvalue weighted by atomic mass is 32.2. The minimum absolute atomic E-state index is 0.0122. The van der Waals surface area contributed by atoms with E-state index in [2.05, 4.69) is 10.3 Å². The predicted molar refractivity (Wildman–Crippen MR) is 120 cm³/mol. The molecule has 2 heterocycles. The molecule has 2 aliphatic heterocycles. The topological polar surface area (TPSA) is 78.8 Å². The van der Waals surface area contributed by atoms with Crippen LogP contribution in [0.25, 0.3) is 0 Å². The Morgan fingerprint density at radius 2 is 1.83 bits per heavy atom. The van der Waals surface area contributed by atoms with Gasteiger partial charge in [0.2, 0.25) is 5.91 Å². The van der Waals surface area contributed by atoms with Gasteiger partial charge in [0.15, 0.2) is 15.0 Å². The number of carbonyl (C=O) groups is 1. The Morgan fingerprint density at radius 1 is 1.17 bits per heavy atom. The van der Waals surface area contributed by atoms with Crippen molar-refractivity contribution in [3.8, 4) is 0 Å². The first-order chi connectivity index (χ1) is 14.2. The number of aliphatic imine (C=N–C) groups is 1. The SMILES string of the molecule is Cc1cc(C)cc(N(CC(=O)Nc2ccc(F)cc2)C2=N[C@H]3CS(=O)(=O)C[C@H]3S2)c1. The zero-order valence-electron chi connectivity index (χ0n) is 16.6. The van der Waals surface area contributed by atoms with Crippen LogP contribution >= 0.6 is 11.8 Å². The van der Waals surface area contributed by atoms with Crippen molar-refractivity contribution >= 4 is 44.0 Å². The highest BCUT2D eigenvalue weighted by Crippen LogP contribution is 2.37. The molecule has 0 saturated carbocycles.